The van der Waals surface area contributed by atoms with Crippen molar-refractivity contribution >= 4 is 27.5 Å². The van der Waals surface area contributed by atoms with E-state index in [1.54, 1.807) is 18.2 Å². The highest BCUT2D eigenvalue weighted by Gasteiger charge is 2.32. The van der Waals surface area contributed by atoms with E-state index in [-0.39, 0.29) is 28.0 Å². The van der Waals surface area contributed by atoms with E-state index < -0.39 is 16.1 Å². The first-order chi connectivity index (χ1) is 13.5. The first-order valence-electron chi connectivity index (χ1n) is 9.60. The molecule has 7 heteroatoms. The summed E-state index contributed by atoms with van der Waals surface area (Å²) in [7, 11) is -3.64. The second kappa shape index (κ2) is 7.63. The Labute approximate surface area is 172 Å². The molecule has 0 aliphatic carbocycles. The van der Waals surface area contributed by atoms with E-state index in [4.69, 9.17) is 0 Å². The van der Waals surface area contributed by atoms with Crippen LogP contribution in [-0.4, -0.2) is 26.2 Å². The molecule has 154 valence electrons. The van der Waals surface area contributed by atoms with Gasteiger partial charge < -0.3 is 5.32 Å². The van der Waals surface area contributed by atoms with E-state index >= 15 is 0 Å². The minimum atomic E-state index is -3.64. The number of sulfonamides is 1. The first kappa shape index (κ1) is 21.0. The molecule has 1 amide bonds. The van der Waals surface area contributed by atoms with E-state index in [0.717, 1.165) is 0 Å². The number of rotatable bonds is 4. The summed E-state index contributed by atoms with van der Waals surface area (Å²) in [4.78, 5) is 17.6. The lowest BCUT2D eigenvalue weighted by atomic mass is 9.87. The predicted octanol–water partition coefficient (Wildman–Crippen LogP) is 3.69. The molecule has 0 spiro atoms. The molecule has 0 aromatic heterocycles. The highest BCUT2D eigenvalue weighted by Crippen LogP contribution is 2.25. The molecule has 0 bridgehead atoms. The zero-order valence-corrected chi connectivity index (χ0v) is 18.2. The Bertz CT molecular complexity index is 1050. The predicted molar refractivity (Wildman–Crippen MR) is 116 cm³/mol. The number of nitrogens with zero attached hydrogens (tertiary/aromatic N) is 1. The van der Waals surface area contributed by atoms with Gasteiger partial charge in [0.1, 0.15) is 11.9 Å². The Morgan fingerprint density at radius 3 is 2.24 bits per heavy atom. The van der Waals surface area contributed by atoms with E-state index in [1.165, 1.54) is 11.6 Å². The van der Waals surface area contributed by atoms with Gasteiger partial charge in [-0.05, 0) is 41.2 Å². The summed E-state index contributed by atoms with van der Waals surface area (Å²) in [6.07, 6.45) is 0. The smallest absolute Gasteiger partial charge is 0.263 e. The Balaban J connectivity index is 1.86. The number of fused-ring (bicyclic) bond motifs is 1. The summed E-state index contributed by atoms with van der Waals surface area (Å²) >= 11 is 0. The highest BCUT2D eigenvalue weighted by molar-refractivity contribution is 7.90. The van der Waals surface area contributed by atoms with Crippen molar-refractivity contribution < 1.29 is 13.2 Å². The minimum absolute atomic E-state index is 0.0298. The maximum absolute atomic E-state index is 12.9. The Morgan fingerprint density at radius 1 is 1.03 bits per heavy atom. The van der Waals surface area contributed by atoms with Crippen LogP contribution in [0.2, 0.25) is 0 Å². The van der Waals surface area contributed by atoms with Crippen LogP contribution in [0, 0.1) is 5.92 Å². The average molecular weight is 414 g/mol. The van der Waals surface area contributed by atoms with Gasteiger partial charge in [-0.1, -0.05) is 58.9 Å². The van der Waals surface area contributed by atoms with E-state index in [0.29, 0.717) is 11.3 Å². The molecule has 0 saturated carbocycles. The molecule has 0 saturated heterocycles. The number of hydrogen-bond acceptors (Lipinski definition) is 4. The number of amides is 1. The van der Waals surface area contributed by atoms with Crippen LogP contribution in [-0.2, 0) is 20.2 Å². The van der Waals surface area contributed by atoms with Crippen LogP contribution in [0.25, 0.3) is 0 Å². The molecule has 29 heavy (non-hydrogen) atoms. The van der Waals surface area contributed by atoms with Crippen LogP contribution >= 0.6 is 0 Å². The van der Waals surface area contributed by atoms with Gasteiger partial charge in [0.05, 0.1) is 4.90 Å². The van der Waals surface area contributed by atoms with Crippen LogP contribution in [0.5, 0.6) is 0 Å². The Hall–Kier alpha value is -2.67. The number of benzene rings is 2. The van der Waals surface area contributed by atoms with Crippen molar-refractivity contribution in [2.24, 2.45) is 10.9 Å². The van der Waals surface area contributed by atoms with E-state index in [9.17, 15) is 13.2 Å². The van der Waals surface area contributed by atoms with Gasteiger partial charge in [-0.2, -0.15) is 0 Å². The summed E-state index contributed by atoms with van der Waals surface area (Å²) in [6, 6.07) is 13.6. The normalized spacial score (nSPS) is 17.7. The number of carbonyl (C=O) groups excluding carboxylic acids is 1. The maximum atomic E-state index is 12.9. The summed E-state index contributed by atoms with van der Waals surface area (Å²) in [5, 5.41) is 2.90. The fraction of sp³-hybridized carbons (Fsp3) is 0.364. The van der Waals surface area contributed by atoms with Crippen molar-refractivity contribution in [3.05, 3.63) is 59.7 Å². The van der Waals surface area contributed by atoms with Gasteiger partial charge in [0.2, 0.25) is 5.91 Å². The van der Waals surface area contributed by atoms with Crippen LogP contribution in [0.4, 0.5) is 5.69 Å². The highest BCUT2D eigenvalue weighted by atomic mass is 32.2. The first-order valence-corrected chi connectivity index (χ1v) is 11.1. The minimum Gasteiger partial charge on any atom is -0.324 e. The molecule has 0 radical (unpaired) electrons. The molecule has 2 N–H and O–H groups in total. The van der Waals surface area contributed by atoms with Gasteiger partial charge in [-0.3, -0.25) is 14.5 Å². The van der Waals surface area contributed by atoms with Crippen molar-refractivity contribution in [1.29, 1.82) is 0 Å². The van der Waals surface area contributed by atoms with Crippen LogP contribution < -0.4 is 10.0 Å². The third kappa shape index (κ3) is 4.50. The second-order valence-electron chi connectivity index (χ2n) is 8.58. The van der Waals surface area contributed by atoms with Crippen LogP contribution in [0.3, 0.4) is 0 Å². The van der Waals surface area contributed by atoms with Gasteiger partial charge in [-0.25, -0.2) is 8.42 Å². The molecule has 2 aromatic carbocycles. The van der Waals surface area contributed by atoms with Crippen molar-refractivity contribution in [2.75, 3.05) is 5.32 Å². The molecule has 3 rings (SSSR count). The monoisotopic (exact) mass is 413 g/mol. The summed E-state index contributed by atoms with van der Waals surface area (Å²) < 4.78 is 27.1. The Kier molecular flexibility index (Phi) is 5.54. The number of aliphatic imine (C=N–C) groups is 1. The second-order valence-corrected chi connectivity index (χ2v) is 10.2. The lowest BCUT2D eigenvalue weighted by Crippen LogP contribution is -2.34. The zero-order chi connectivity index (χ0) is 21.4. The third-order valence-corrected chi connectivity index (χ3v) is 6.25. The molecular formula is C22H27N3O3S. The quantitative estimate of drug-likeness (QED) is 0.801. The summed E-state index contributed by atoms with van der Waals surface area (Å²) in [5.74, 6) is -0.189. The topological polar surface area (TPSA) is 87.6 Å². The molecule has 0 fully saturated rings. The molecule has 1 aliphatic rings. The largest absolute Gasteiger partial charge is 0.324 e. The van der Waals surface area contributed by atoms with Crippen molar-refractivity contribution in [2.45, 2.75) is 51.0 Å². The third-order valence-electron chi connectivity index (χ3n) is 4.85. The summed E-state index contributed by atoms with van der Waals surface area (Å²) in [6.45, 7) is 10.2. The van der Waals surface area contributed by atoms with Crippen molar-refractivity contribution in [1.82, 2.24) is 4.72 Å². The van der Waals surface area contributed by atoms with Crippen LogP contribution in [0.15, 0.2) is 58.4 Å². The molecule has 1 atom stereocenters. The van der Waals surface area contributed by atoms with Gasteiger partial charge in [0.15, 0.2) is 0 Å². The number of carbonyl (C=O) groups is 1. The van der Waals surface area contributed by atoms with E-state index in [1.807, 2.05) is 38.1 Å². The molecule has 6 nitrogen and oxygen atoms in total. The van der Waals surface area contributed by atoms with Crippen LogP contribution in [0.1, 0.15) is 45.7 Å². The number of nitrogens with one attached hydrogen (secondary N) is 2. The standard InChI is InChI=1S/C22H27N3O3S/c1-14(2)19(21(26)23-16-12-10-15(11-13-16)22(3,4)5)24-20-17-8-6-7-9-18(17)29(27,28)25-20/h6-14,19H,1-5H3,(H,23,26)(H,24,25)/t19-/m0/s1. The van der Waals surface area contributed by atoms with Crippen molar-refractivity contribution in [3.8, 4) is 0 Å². The van der Waals surface area contributed by atoms with E-state index in [2.05, 4.69) is 35.8 Å². The number of amidine groups is 1. The fourth-order valence-electron chi connectivity index (χ4n) is 3.15. The SMILES string of the molecule is CC(C)[C@H](N=C1NS(=O)(=O)c2ccccc21)C(=O)Nc1ccc(C(C)(C)C)cc1. The molecular weight excluding hydrogens is 386 g/mol. The maximum Gasteiger partial charge on any atom is 0.263 e. The lowest BCUT2D eigenvalue weighted by molar-refractivity contribution is -0.118. The lowest BCUT2D eigenvalue weighted by Gasteiger charge is -2.20. The number of anilines is 1. The van der Waals surface area contributed by atoms with Gasteiger partial charge in [0.25, 0.3) is 10.0 Å². The van der Waals surface area contributed by atoms with Crippen molar-refractivity contribution in [3.63, 3.8) is 0 Å². The fourth-order valence-corrected chi connectivity index (χ4v) is 4.39. The van der Waals surface area contributed by atoms with Gasteiger partial charge >= 0.3 is 0 Å². The molecule has 0 unspecified atom stereocenters. The molecule has 1 aliphatic heterocycles. The van der Waals surface area contributed by atoms with Gasteiger partial charge in [0, 0.05) is 11.3 Å². The molecule has 2 aromatic rings. The Morgan fingerprint density at radius 2 is 1.66 bits per heavy atom. The number of hydrogen-bond donors (Lipinski definition) is 2. The summed E-state index contributed by atoms with van der Waals surface area (Å²) in [5.41, 5.74) is 2.37. The molecule has 1 heterocycles. The zero-order valence-electron chi connectivity index (χ0n) is 17.4. The van der Waals surface area contributed by atoms with Gasteiger partial charge in [-0.15, -0.1) is 0 Å². The average Bonchev–Trinajstić information content (AvgIpc) is 2.90.